The lowest BCUT2D eigenvalue weighted by Gasteiger charge is -2.02. The number of hydrogen-bond donors (Lipinski definition) is 0. The minimum atomic E-state index is -0.625. The fourth-order valence-corrected chi connectivity index (χ4v) is 1.83. The largest absolute Gasteiger partial charge is 0.458 e. The molecule has 0 unspecified atom stereocenters. The Labute approximate surface area is 136 Å². The van der Waals surface area contributed by atoms with Crippen LogP contribution in [-0.2, 0) is 16.1 Å². The Morgan fingerprint density at radius 1 is 1.00 bits per heavy atom. The molecular formula is C16H12N2O6. The van der Waals surface area contributed by atoms with Crippen molar-refractivity contribution < 1.29 is 19.4 Å². The third kappa shape index (κ3) is 4.73. The first kappa shape index (κ1) is 16.8. The second-order valence-corrected chi connectivity index (χ2v) is 4.72. The van der Waals surface area contributed by atoms with Gasteiger partial charge in [-0.05, 0) is 29.3 Å². The van der Waals surface area contributed by atoms with E-state index in [9.17, 15) is 25.0 Å². The molecule has 2 aromatic rings. The molecule has 0 amide bonds. The number of nitro benzene ring substituents is 2. The SMILES string of the molecule is O=C(C=Cc1ccc([N+](=O)[O-])cc1)OCc1cccc([N+](=O)[O-])c1. The predicted octanol–water partition coefficient (Wildman–Crippen LogP) is 3.26. The summed E-state index contributed by atoms with van der Waals surface area (Å²) in [6.07, 6.45) is 2.64. The van der Waals surface area contributed by atoms with Gasteiger partial charge in [-0.2, -0.15) is 0 Å². The number of esters is 1. The number of carbonyl (C=O) groups excluding carboxylic acids is 1. The van der Waals surface area contributed by atoms with Crippen LogP contribution >= 0.6 is 0 Å². The van der Waals surface area contributed by atoms with Gasteiger partial charge in [0.05, 0.1) is 9.85 Å². The van der Waals surface area contributed by atoms with E-state index in [4.69, 9.17) is 4.74 Å². The number of hydrogen-bond acceptors (Lipinski definition) is 6. The smallest absolute Gasteiger partial charge is 0.331 e. The Kier molecular flexibility index (Phi) is 5.35. The van der Waals surface area contributed by atoms with Gasteiger partial charge in [0.25, 0.3) is 11.4 Å². The van der Waals surface area contributed by atoms with E-state index in [1.54, 1.807) is 6.07 Å². The summed E-state index contributed by atoms with van der Waals surface area (Å²) in [6, 6.07) is 11.5. The number of nitrogens with zero attached hydrogens (tertiary/aromatic N) is 2. The van der Waals surface area contributed by atoms with Gasteiger partial charge in [0, 0.05) is 30.3 Å². The topological polar surface area (TPSA) is 113 Å². The van der Waals surface area contributed by atoms with Crippen molar-refractivity contribution in [2.45, 2.75) is 6.61 Å². The molecule has 0 atom stereocenters. The normalized spacial score (nSPS) is 10.5. The molecule has 2 rings (SSSR count). The van der Waals surface area contributed by atoms with Crippen LogP contribution in [0.25, 0.3) is 6.08 Å². The number of rotatable bonds is 6. The highest BCUT2D eigenvalue weighted by Gasteiger charge is 2.07. The summed E-state index contributed by atoms with van der Waals surface area (Å²) in [4.78, 5) is 31.8. The first-order valence-corrected chi connectivity index (χ1v) is 6.78. The fourth-order valence-electron chi connectivity index (χ4n) is 1.83. The summed E-state index contributed by atoms with van der Waals surface area (Å²) in [6.45, 7) is -0.0921. The standard InChI is InChI=1S/C16H12N2O6/c19-16(9-6-12-4-7-14(8-5-12)17(20)21)24-11-13-2-1-3-15(10-13)18(22)23/h1-10H,11H2. The molecule has 0 fully saturated rings. The van der Waals surface area contributed by atoms with E-state index in [2.05, 4.69) is 0 Å². The zero-order chi connectivity index (χ0) is 17.5. The number of non-ortho nitro benzene ring substituents is 2. The van der Waals surface area contributed by atoms with Crippen LogP contribution in [0.5, 0.6) is 0 Å². The Bertz CT molecular complexity index is 798. The van der Waals surface area contributed by atoms with Gasteiger partial charge < -0.3 is 4.74 Å². The molecule has 8 nitrogen and oxygen atoms in total. The van der Waals surface area contributed by atoms with E-state index in [-0.39, 0.29) is 18.0 Å². The van der Waals surface area contributed by atoms with E-state index < -0.39 is 15.8 Å². The van der Waals surface area contributed by atoms with Gasteiger partial charge in [-0.3, -0.25) is 20.2 Å². The molecule has 0 aliphatic heterocycles. The Balaban J connectivity index is 1.92. The quantitative estimate of drug-likeness (QED) is 0.348. The highest BCUT2D eigenvalue weighted by Crippen LogP contribution is 2.15. The molecule has 24 heavy (non-hydrogen) atoms. The number of ether oxygens (including phenoxy) is 1. The van der Waals surface area contributed by atoms with Crippen molar-refractivity contribution >= 4 is 23.4 Å². The van der Waals surface area contributed by atoms with Crippen molar-refractivity contribution in [3.8, 4) is 0 Å². The molecule has 0 spiro atoms. The van der Waals surface area contributed by atoms with Crippen LogP contribution in [0.2, 0.25) is 0 Å². The predicted molar refractivity (Wildman–Crippen MR) is 85.0 cm³/mol. The zero-order valence-electron chi connectivity index (χ0n) is 12.3. The Hall–Kier alpha value is -3.55. The molecule has 0 radical (unpaired) electrons. The highest BCUT2D eigenvalue weighted by molar-refractivity contribution is 5.87. The summed E-state index contributed by atoms with van der Waals surface area (Å²) in [5, 5.41) is 21.2. The minimum Gasteiger partial charge on any atom is -0.458 e. The second kappa shape index (κ2) is 7.63. The second-order valence-electron chi connectivity index (χ2n) is 4.72. The number of carbonyl (C=O) groups is 1. The molecule has 0 bridgehead atoms. The van der Waals surface area contributed by atoms with E-state index in [1.807, 2.05) is 0 Å². The van der Waals surface area contributed by atoms with Gasteiger partial charge in [0.15, 0.2) is 0 Å². The van der Waals surface area contributed by atoms with Gasteiger partial charge in [-0.1, -0.05) is 12.1 Å². The third-order valence-corrected chi connectivity index (χ3v) is 3.02. The molecule has 0 aliphatic rings. The first-order valence-electron chi connectivity index (χ1n) is 6.78. The molecule has 122 valence electrons. The van der Waals surface area contributed by atoms with Crippen molar-refractivity contribution in [3.63, 3.8) is 0 Å². The maximum absolute atomic E-state index is 11.6. The lowest BCUT2D eigenvalue weighted by molar-refractivity contribution is -0.385. The Morgan fingerprint density at radius 2 is 1.67 bits per heavy atom. The van der Waals surface area contributed by atoms with Crippen molar-refractivity contribution in [1.29, 1.82) is 0 Å². The van der Waals surface area contributed by atoms with Crippen molar-refractivity contribution in [2.24, 2.45) is 0 Å². The zero-order valence-corrected chi connectivity index (χ0v) is 12.3. The Morgan fingerprint density at radius 3 is 2.29 bits per heavy atom. The number of nitro groups is 2. The fraction of sp³-hybridized carbons (Fsp3) is 0.0625. The van der Waals surface area contributed by atoms with Crippen LogP contribution in [0, 0.1) is 20.2 Å². The molecule has 8 heteroatoms. The van der Waals surface area contributed by atoms with Crippen molar-refractivity contribution in [2.75, 3.05) is 0 Å². The van der Waals surface area contributed by atoms with Crippen LogP contribution in [0.1, 0.15) is 11.1 Å². The monoisotopic (exact) mass is 328 g/mol. The van der Waals surface area contributed by atoms with Crippen LogP contribution in [0.15, 0.2) is 54.6 Å². The molecule has 0 aliphatic carbocycles. The summed E-state index contributed by atoms with van der Waals surface area (Å²) in [7, 11) is 0. The summed E-state index contributed by atoms with van der Waals surface area (Å²) < 4.78 is 4.99. The maximum Gasteiger partial charge on any atom is 0.331 e. The minimum absolute atomic E-state index is 0.0413. The molecule has 0 aromatic heterocycles. The average molecular weight is 328 g/mol. The molecule has 0 N–H and O–H groups in total. The van der Waals surface area contributed by atoms with Crippen LogP contribution in [-0.4, -0.2) is 15.8 Å². The highest BCUT2D eigenvalue weighted by atomic mass is 16.6. The summed E-state index contributed by atoms with van der Waals surface area (Å²) in [5.74, 6) is -0.625. The van der Waals surface area contributed by atoms with E-state index in [0.29, 0.717) is 11.1 Å². The maximum atomic E-state index is 11.6. The third-order valence-electron chi connectivity index (χ3n) is 3.02. The first-order chi connectivity index (χ1) is 11.5. The number of benzene rings is 2. The van der Waals surface area contributed by atoms with Gasteiger partial charge in [-0.15, -0.1) is 0 Å². The van der Waals surface area contributed by atoms with Crippen molar-refractivity contribution in [3.05, 3.63) is 86.0 Å². The van der Waals surface area contributed by atoms with Crippen LogP contribution in [0.4, 0.5) is 11.4 Å². The molecule has 0 saturated carbocycles. The van der Waals surface area contributed by atoms with E-state index >= 15 is 0 Å². The molecule has 0 heterocycles. The van der Waals surface area contributed by atoms with Gasteiger partial charge in [0.1, 0.15) is 6.61 Å². The molecule has 0 saturated heterocycles. The van der Waals surface area contributed by atoms with Gasteiger partial charge >= 0.3 is 5.97 Å². The van der Waals surface area contributed by atoms with Gasteiger partial charge in [-0.25, -0.2) is 4.79 Å². The lowest BCUT2D eigenvalue weighted by Crippen LogP contribution is -2.01. The van der Waals surface area contributed by atoms with E-state index in [1.165, 1.54) is 54.6 Å². The van der Waals surface area contributed by atoms with Crippen LogP contribution < -0.4 is 0 Å². The average Bonchev–Trinajstić information content (AvgIpc) is 2.58. The van der Waals surface area contributed by atoms with Crippen LogP contribution in [0.3, 0.4) is 0 Å². The lowest BCUT2D eigenvalue weighted by atomic mass is 10.2. The summed E-state index contributed by atoms with van der Waals surface area (Å²) >= 11 is 0. The van der Waals surface area contributed by atoms with Crippen molar-refractivity contribution in [1.82, 2.24) is 0 Å². The molecule has 2 aromatic carbocycles. The van der Waals surface area contributed by atoms with E-state index in [0.717, 1.165) is 0 Å². The summed E-state index contributed by atoms with van der Waals surface area (Å²) in [5.41, 5.74) is 0.986. The molecular weight excluding hydrogens is 316 g/mol. The van der Waals surface area contributed by atoms with Gasteiger partial charge in [0.2, 0.25) is 0 Å².